The zero-order chi connectivity index (χ0) is 14.1. The Balaban J connectivity index is 1.85. The smallest absolute Gasteiger partial charge is 0.170 e. The Kier molecular flexibility index (Phi) is 3.63. The van der Waals surface area contributed by atoms with Gasteiger partial charge in [0.15, 0.2) is 5.78 Å². The largest absolute Gasteiger partial charge is 0.507 e. The van der Waals surface area contributed by atoms with Crippen LogP contribution in [-0.4, -0.2) is 60.5 Å². The van der Waals surface area contributed by atoms with E-state index in [0.29, 0.717) is 30.9 Å². The van der Waals surface area contributed by atoms with E-state index in [9.17, 15) is 9.90 Å². The van der Waals surface area contributed by atoms with Crippen LogP contribution < -0.4 is 4.74 Å². The van der Waals surface area contributed by atoms with Crippen LogP contribution in [0.15, 0.2) is 12.1 Å². The van der Waals surface area contributed by atoms with Crippen molar-refractivity contribution in [2.45, 2.75) is 13.0 Å². The molecule has 1 fully saturated rings. The summed E-state index contributed by atoms with van der Waals surface area (Å²) in [7, 11) is 2.11. The molecule has 0 bridgehead atoms. The van der Waals surface area contributed by atoms with Gasteiger partial charge in [0, 0.05) is 39.1 Å². The van der Waals surface area contributed by atoms with Gasteiger partial charge in [-0.25, -0.2) is 0 Å². The van der Waals surface area contributed by atoms with Crippen molar-refractivity contribution in [3.8, 4) is 11.5 Å². The summed E-state index contributed by atoms with van der Waals surface area (Å²) in [6.07, 6.45) is 0.422. The van der Waals surface area contributed by atoms with Crippen molar-refractivity contribution in [1.82, 2.24) is 9.80 Å². The summed E-state index contributed by atoms with van der Waals surface area (Å²) < 4.78 is 5.65. The molecule has 0 radical (unpaired) electrons. The van der Waals surface area contributed by atoms with Gasteiger partial charge < -0.3 is 14.7 Å². The Morgan fingerprint density at radius 2 is 2.00 bits per heavy atom. The molecule has 0 spiro atoms. The summed E-state index contributed by atoms with van der Waals surface area (Å²) in [4.78, 5) is 16.5. The Bertz CT molecular complexity index is 522. The third-order valence-electron chi connectivity index (χ3n) is 4.09. The molecule has 5 heteroatoms. The van der Waals surface area contributed by atoms with E-state index in [0.717, 1.165) is 31.7 Å². The number of nitrogens with zero attached hydrogens (tertiary/aromatic N) is 2. The van der Waals surface area contributed by atoms with E-state index in [-0.39, 0.29) is 11.5 Å². The highest BCUT2D eigenvalue weighted by Crippen LogP contribution is 2.35. The Morgan fingerprint density at radius 1 is 1.25 bits per heavy atom. The predicted molar refractivity (Wildman–Crippen MR) is 75.3 cm³/mol. The normalized spacial score (nSPS) is 20.6. The van der Waals surface area contributed by atoms with E-state index >= 15 is 0 Å². The highest BCUT2D eigenvalue weighted by molar-refractivity contribution is 6.00. The summed E-state index contributed by atoms with van der Waals surface area (Å²) in [5, 5.41) is 10.1. The SMILES string of the molecule is CN1CCN(Cc2c(O)ccc3c2OCCC3=O)CC1. The number of carbonyl (C=O) groups excluding carboxylic acids is 1. The molecular formula is C15H20N2O3. The summed E-state index contributed by atoms with van der Waals surface area (Å²) in [5.74, 6) is 0.906. The first-order valence-electron chi connectivity index (χ1n) is 7.07. The molecule has 1 saturated heterocycles. The number of Topliss-reactive ketones (excluding diaryl/α,β-unsaturated/α-hetero) is 1. The topological polar surface area (TPSA) is 53.0 Å². The maximum Gasteiger partial charge on any atom is 0.170 e. The fourth-order valence-electron chi connectivity index (χ4n) is 2.76. The number of ketones is 1. The lowest BCUT2D eigenvalue weighted by Crippen LogP contribution is -2.44. The van der Waals surface area contributed by atoms with Crippen LogP contribution >= 0.6 is 0 Å². The quantitative estimate of drug-likeness (QED) is 0.877. The van der Waals surface area contributed by atoms with E-state index in [4.69, 9.17) is 4.74 Å². The van der Waals surface area contributed by atoms with Crippen molar-refractivity contribution >= 4 is 5.78 Å². The number of benzene rings is 1. The lowest BCUT2D eigenvalue weighted by molar-refractivity contribution is 0.0929. The van der Waals surface area contributed by atoms with Gasteiger partial charge in [-0.2, -0.15) is 0 Å². The van der Waals surface area contributed by atoms with Crippen molar-refractivity contribution in [1.29, 1.82) is 0 Å². The van der Waals surface area contributed by atoms with Gasteiger partial charge in [0.1, 0.15) is 11.5 Å². The molecule has 2 aliphatic rings. The molecule has 2 aliphatic heterocycles. The monoisotopic (exact) mass is 276 g/mol. The summed E-state index contributed by atoms with van der Waals surface area (Å²) >= 11 is 0. The maximum atomic E-state index is 11.9. The lowest BCUT2D eigenvalue weighted by atomic mass is 10.00. The lowest BCUT2D eigenvalue weighted by Gasteiger charge is -2.33. The van der Waals surface area contributed by atoms with Gasteiger partial charge in [-0.15, -0.1) is 0 Å². The molecule has 0 unspecified atom stereocenters. The standard InChI is InChI=1S/C15H20N2O3/c1-16-5-7-17(8-6-16)10-12-13(18)3-2-11-14(19)4-9-20-15(11)12/h2-3,18H,4-10H2,1H3. The van der Waals surface area contributed by atoms with Gasteiger partial charge in [-0.3, -0.25) is 9.69 Å². The van der Waals surface area contributed by atoms with Crippen LogP contribution in [-0.2, 0) is 6.54 Å². The van der Waals surface area contributed by atoms with Crippen LogP contribution in [0.25, 0.3) is 0 Å². The third-order valence-corrected chi connectivity index (χ3v) is 4.09. The van der Waals surface area contributed by atoms with Crippen molar-refractivity contribution in [3.05, 3.63) is 23.3 Å². The molecule has 1 aromatic carbocycles. The minimum Gasteiger partial charge on any atom is -0.507 e. The van der Waals surface area contributed by atoms with Crippen LogP contribution in [0.3, 0.4) is 0 Å². The molecule has 0 aromatic heterocycles. The number of carbonyl (C=O) groups is 1. The van der Waals surface area contributed by atoms with Crippen molar-refractivity contribution < 1.29 is 14.6 Å². The molecule has 1 N–H and O–H groups in total. The predicted octanol–water partition coefficient (Wildman–Crippen LogP) is 1.10. The van der Waals surface area contributed by atoms with Gasteiger partial charge in [0.25, 0.3) is 0 Å². The van der Waals surface area contributed by atoms with Crippen LogP contribution in [0.4, 0.5) is 0 Å². The van der Waals surface area contributed by atoms with Crippen LogP contribution in [0.1, 0.15) is 22.3 Å². The first-order valence-corrected chi connectivity index (χ1v) is 7.07. The van der Waals surface area contributed by atoms with Crippen LogP contribution in [0.2, 0.25) is 0 Å². The number of likely N-dealkylation sites (N-methyl/N-ethyl adjacent to an activating group) is 1. The zero-order valence-corrected chi connectivity index (χ0v) is 11.8. The second-order valence-corrected chi connectivity index (χ2v) is 5.54. The zero-order valence-electron chi connectivity index (χ0n) is 11.8. The minimum atomic E-state index is 0.103. The summed E-state index contributed by atoms with van der Waals surface area (Å²) in [6.45, 7) is 5.02. The number of ether oxygens (including phenoxy) is 1. The number of rotatable bonds is 2. The first kappa shape index (κ1) is 13.4. The molecule has 0 atom stereocenters. The second-order valence-electron chi connectivity index (χ2n) is 5.54. The van der Waals surface area contributed by atoms with E-state index in [1.54, 1.807) is 12.1 Å². The van der Waals surface area contributed by atoms with Crippen molar-refractivity contribution in [2.75, 3.05) is 39.8 Å². The number of hydrogen-bond acceptors (Lipinski definition) is 5. The number of hydrogen-bond donors (Lipinski definition) is 1. The van der Waals surface area contributed by atoms with Crippen molar-refractivity contribution in [2.24, 2.45) is 0 Å². The summed E-state index contributed by atoms with van der Waals surface area (Å²) in [6, 6.07) is 3.27. The van der Waals surface area contributed by atoms with Gasteiger partial charge in [-0.1, -0.05) is 0 Å². The molecular weight excluding hydrogens is 256 g/mol. The average molecular weight is 276 g/mol. The van der Waals surface area contributed by atoms with Crippen LogP contribution in [0.5, 0.6) is 11.5 Å². The third kappa shape index (κ3) is 2.51. The fraction of sp³-hybridized carbons (Fsp3) is 0.533. The first-order chi connectivity index (χ1) is 9.65. The molecule has 0 amide bonds. The van der Waals surface area contributed by atoms with E-state index < -0.39 is 0 Å². The van der Waals surface area contributed by atoms with E-state index in [2.05, 4.69) is 16.8 Å². The van der Waals surface area contributed by atoms with E-state index in [1.807, 2.05) is 0 Å². The Hall–Kier alpha value is -1.59. The molecule has 3 rings (SSSR count). The highest BCUT2D eigenvalue weighted by atomic mass is 16.5. The average Bonchev–Trinajstić information content (AvgIpc) is 2.44. The minimum absolute atomic E-state index is 0.103. The molecule has 5 nitrogen and oxygen atoms in total. The van der Waals surface area contributed by atoms with Gasteiger partial charge in [0.2, 0.25) is 0 Å². The number of aromatic hydroxyl groups is 1. The molecule has 0 saturated carbocycles. The number of phenols is 1. The Morgan fingerprint density at radius 3 is 2.75 bits per heavy atom. The molecule has 0 aliphatic carbocycles. The summed E-state index contributed by atoms with van der Waals surface area (Å²) in [5.41, 5.74) is 1.36. The van der Waals surface area contributed by atoms with Gasteiger partial charge in [0.05, 0.1) is 17.7 Å². The fourth-order valence-corrected chi connectivity index (χ4v) is 2.76. The number of piperazine rings is 1. The van der Waals surface area contributed by atoms with E-state index in [1.165, 1.54) is 0 Å². The number of fused-ring (bicyclic) bond motifs is 1. The van der Waals surface area contributed by atoms with Crippen molar-refractivity contribution in [3.63, 3.8) is 0 Å². The van der Waals surface area contributed by atoms with Crippen LogP contribution in [0, 0.1) is 0 Å². The van der Waals surface area contributed by atoms with Gasteiger partial charge >= 0.3 is 0 Å². The molecule has 2 heterocycles. The maximum absolute atomic E-state index is 11.9. The van der Waals surface area contributed by atoms with Gasteiger partial charge in [-0.05, 0) is 19.2 Å². The highest BCUT2D eigenvalue weighted by Gasteiger charge is 2.25. The molecule has 108 valence electrons. The number of phenolic OH excluding ortho intramolecular Hbond substituents is 1. The Labute approximate surface area is 118 Å². The second kappa shape index (κ2) is 5.42. The molecule has 1 aromatic rings. The molecule has 20 heavy (non-hydrogen) atoms.